The number of hydrogen-bond donors (Lipinski definition) is 1. The van der Waals surface area contributed by atoms with Crippen LogP contribution in [0.15, 0.2) is 47.2 Å². The second kappa shape index (κ2) is 5.71. The second-order valence-corrected chi connectivity index (χ2v) is 5.48. The molecule has 0 saturated carbocycles. The summed E-state index contributed by atoms with van der Waals surface area (Å²) in [7, 11) is 0. The molecule has 0 amide bonds. The Morgan fingerprint density at radius 1 is 0.938 bits per heavy atom. The minimum atomic E-state index is 0.230. The molecule has 0 bridgehead atoms. The Labute approximate surface area is 102 Å². The van der Waals surface area contributed by atoms with Crippen molar-refractivity contribution in [1.82, 2.24) is 0 Å². The number of anilines is 1. The first-order valence-corrected chi connectivity index (χ1v) is 6.27. The van der Waals surface area contributed by atoms with E-state index in [4.69, 9.17) is 5.73 Å². The molecule has 0 unspecified atom stereocenters. The molecular weight excluding hydrogens is 214 g/mol. The zero-order valence-electron chi connectivity index (χ0n) is 10.1. The summed E-state index contributed by atoms with van der Waals surface area (Å²) in [5.41, 5.74) is 7.96. The lowest BCUT2D eigenvalue weighted by Crippen LogP contribution is -2.10. The molecule has 1 aromatic heterocycles. The van der Waals surface area contributed by atoms with Gasteiger partial charge in [-0.2, -0.15) is 11.3 Å². The number of benzene rings is 1. The fourth-order valence-electron chi connectivity index (χ4n) is 1.21. The average molecular weight is 233 g/mol. The normalized spacial score (nSPS) is 10.4. The second-order valence-electron chi connectivity index (χ2n) is 4.67. The maximum absolute atomic E-state index is 5.57. The Hall–Kier alpha value is -1.28. The van der Waals surface area contributed by atoms with Gasteiger partial charge in [-0.3, -0.25) is 0 Å². The molecule has 0 fully saturated rings. The molecule has 0 aliphatic heterocycles. The highest BCUT2D eigenvalue weighted by Gasteiger charge is 2.11. The van der Waals surface area contributed by atoms with E-state index in [-0.39, 0.29) is 5.41 Å². The smallest absolute Gasteiger partial charge is 0.0314 e. The van der Waals surface area contributed by atoms with Crippen molar-refractivity contribution in [2.24, 2.45) is 0 Å². The summed E-state index contributed by atoms with van der Waals surface area (Å²) in [5, 5.41) is 4.08. The molecule has 2 heteroatoms. The van der Waals surface area contributed by atoms with Crippen molar-refractivity contribution in [1.29, 1.82) is 0 Å². The van der Waals surface area contributed by atoms with E-state index in [0.717, 1.165) is 5.69 Å². The van der Waals surface area contributed by atoms with Crippen LogP contribution in [0.2, 0.25) is 0 Å². The van der Waals surface area contributed by atoms with Crippen molar-refractivity contribution in [2.45, 2.75) is 26.2 Å². The minimum Gasteiger partial charge on any atom is -0.399 e. The van der Waals surface area contributed by atoms with E-state index < -0.39 is 0 Å². The van der Waals surface area contributed by atoms with Crippen molar-refractivity contribution in [3.63, 3.8) is 0 Å². The van der Waals surface area contributed by atoms with Crippen LogP contribution >= 0.6 is 11.3 Å². The van der Waals surface area contributed by atoms with Gasteiger partial charge in [0.2, 0.25) is 0 Å². The summed E-state index contributed by atoms with van der Waals surface area (Å²) < 4.78 is 0. The van der Waals surface area contributed by atoms with Gasteiger partial charge >= 0.3 is 0 Å². The molecule has 86 valence electrons. The van der Waals surface area contributed by atoms with Crippen molar-refractivity contribution in [3.8, 4) is 0 Å². The molecule has 1 nitrogen and oxygen atoms in total. The van der Waals surface area contributed by atoms with Gasteiger partial charge in [-0.15, -0.1) is 0 Å². The van der Waals surface area contributed by atoms with E-state index in [1.54, 1.807) is 11.3 Å². The third-order valence-electron chi connectivity index (χ3n) is 2.20. The van der Waals surface area contributed by atoms with Gasteiger partial charge in [-0.05, 0) is 33.9 Å². The van der Waals surface area contributed by atoms with Gasteiger partial charge < -0.3 is 5.73 Å². The topological polar surface area (TPSA) is 26.0 Å². The molecular formula is C14H19NS. The van der Waals surface area contributed by atoms with Gasteiger partial charge in [-0.25, -0.2) is 0 Å². The molecule has 1 aromatic carbocycles. The number of thiophene rings is 1. The van der Waals surface area contributed by atoms with Crippen LogP contribution in [0, 0.1) is 0 Å². The summed E-state index contributed by atoms with van der Waals surface area (Å²) >= 11 is 1.71. The van der Waals surface area contributed by atoms with Crippen LogP contribution in [0.1, 0.15) is 26.3 Å². The summed E-state index contributed by atoms with van der Waals surface area (Å²) in [5.74, 6) is 0. The lowest BCUT2D eigenvalue weighted by atomic mass is 9.87. The van der Waals surface area contributed by atoms with Crippen molar-refractivity contribution < 1.29 is 0 Å². The average Bonchev–Trinajstić information content (AvgIpc) is 2.74. The first kappa shape index (κ1) is 12.8. The van der Waals surface area contributed by atoms with Gasteiger partial charge in [0.25, 0.3) is 0 Å². The Morgan fingerprint density at radius 3 is 1.75 bits per heavy atom. The highest BCUT2D eigenvalue weighted by atomic mass is 32.1. The van der Waals surface area contributed by atoms with E-state index in [0.29, 0.717) is 0 Å². The van der Waals surface area contributed by atoms with Gasteiger partial charge in [0.15, 0.2) is 0 Å². The monoisotopic (exact) mass is 233 g/mol. The Morgan fingerprint density at radius 2 is 1.44 bits per heavy atom. The van der Waals surface area contributed by atoms with Crippen molar-refractivity contribution in [3.05, 3.63) is 52.7 Å². The molecule has 0 aliphatic rings. The minimum absolute atomic E-state index is 0.230. The van der Waals surface area contributed by atoms with Crippen LogP contribution in [0.4, 0.5) is 5.69 Å². The summed E-state index contributed by atoms with van der Waals surface area (Å²) in [6.07, 6.45) is 0. The summed E-state index contributed by atoms with van der Waals surface area (Å²) in [4.78, 5) is 0. The number of nitrogen functional groups attached to an aromatic ring is 1. The van der Waals surface area contributed by atoms with Crippen molar-refractivity contribution >= 4 is 17.0 Å². The van der Waals surface area contributed by atoms with Gasteiger partial charge in [0, 0.05) is 5.69 Å². The Bertz CT molecular complexity index is 364. The largest absolute Gasteiger partial charge is 0.399 e. The maximum Gasteiger partial charge on any atom is 0.0314 e. The molecule has 0 atom stereocenters. The fourth-order valence-corrected chi connectivity index (χ4v) is 1.66. The van der Waals surface area contributed by atoms with E-state index in [9.17, 15) is 0 Å². The van der Waals surface area contributed by atoms with Gasteiger partial charge in [0.05, 0.1) is 0 Å². The first-order valence-electron chi connectivity index (χ1n) is 5.33. The molecule has 16 heavy (non-hydrogen) atoms. The van der Waals surface area contributed by atoms with Crippen LogP contribution in [0.5, 0.6) is 0 Å². The van der Waals surface area contributed by atoms with E-state index in [2.05, 4.69) is 32.9 Å². The highest BCUT2D eigenvalue weighted by Crippen LogP contribution is 2.22. The first-order chi connectivity index (χ1) is 7.50. The zero-order chi connectivity index (χ0) is 12.0. The zero-order valence-corrected chi connectivity index (χ0v) is 10.9. The lowest BCUT2D eigenvalue weighted by Gasteiger charge is -2.18. The molecule has 0 spiro atoms. The van der Waals surface area contributed by atoms with Crippen LogP contribution < -0.4 is 5.73 Å². The SMILES string of the molecule is CC(C)(C)c1ccc(N)cc1.c1ccsc1. The summed E-state index contributed by atoms with van der Waals surface area (Å²) in [6.45, 7) is 6.58. The van der Waals surface area contributed by atoms with Crippen LogP contribution in [-0.2, 0) is 5.41 Å². The lowest BCUT2D eigenvalue weighted by molar-refractivity contribution is 0.590. The van der Waals surface area contributed by atoms with Crippen LogP contribution in [0.3, 0.4) is 0 Å². The molecule has 0 aliphatic carbocycles. The molecule has 2 N–H and O–H groups in total. The number of rotatable bonds is 0. The predicted molar refractivity (Wildman–Crippen MR) is 73.9 cm³/mol. The molecule has 2 rings (SSSR count). The molecule has 2 aromatic rings. The van der Waals surface area contributed by atoms with Gasteiger partial charge in [-0.1, -0.05) is 45.0 Å². The van der Waals surface area contributed by atoms with Crippen LogP contribution in [0.25, 0.3) is 0 Å². The van der Waals surface area contributed by atoms with E-state index in [1.165, 1.54) is 5.56 Å². The number of hydrogen-bond acceptors (Lipinski definition) is 2. The maximum atomic E-state index is 5.57. The predicted octanol–water partition coefficient (Wildman–Crippen LogP) is 4.31. The van der Waals surface area contributed by atoms with Gasteiger partial charge in [0.1, 0.15) is 0 Å². The third-order valence-corrected chi connectivity index (χ3v) is 2.83. The van der Waals surface area contributed by atoms with E-state index in [1.807, 2.05) is 35.0 Å². The molecule has 0 saturated heterocycles. The quantitative estimate of drug-likeness (QED) is 0.674. The van der Waals surface area contributed by atoms with Crippen LogP contribution in [-0.4, -0.2) is 0 Å². The molecule has 1 heterocycles. The third kappa shape index (κ3) is 4.49. The standard InChI is InChI=1S/C10H15N.C4H4S/c1-10(2,3)8-4-6-9(11)7-5-8;1-2-4-5-3-1/h4-7H,11H2,1-3H3;1-4H. The number of nitrogens with two attached hydrogens (primary N) is 1. The summed E-state index contributed by atoms with van der Waals surface area (Å²) in [6, 6.07) is 12.1. The van der Waals surface area contributed by atoms with E-state index >= 15 is 0 Å². The van der Waals surface area contributed by atoms with Crippen molar-refractivity contribution in [2.75, 3.05) is 5.73 Å². The highest BCUT2D eigenvalue weighted by molar-refractivity contribution is 7.07. The Balaban J connectivity index is 0.000000212. The fraction of sp³-hybridized carbons (Fsp3) is 0.286. The Kier molecular flexibility index (Phi) is 4.56. The molecule has 0 radical (unpaired) electrons.